The molecular formula is C26H33N4O3-. The van der Waals surface area contributed by atoms with Crippen molar-refractivity contribution >= 4 is 23.4 Å². The van der Waals surface area contributed by atoms with Crippen molar-refractivity contribution in [2.45, 2.75) is 77.5 Å². The van der Waals surface area contributed by atoms with Crippen LogP contribution in [0.5, 0.6) is 0 Å². The zero-order valence-corrected chi connectivity index (χ0v) is 19.9. The highest BCUT2D eigenvalue weighted by Gasteiger charge is 2.56. The van der Waals surface area contributed by atoms with Crippen LogP contribution in [-0.4, -0.2) is 39.8 Å². The summed E-state index contributed by atoms with van der Waals surface area (Å²) in [5, 5.41) is 16.8. The Balaban J connectivity index is 1.73. The smallest absolute Gasteiger partial charge is 0.327 e. The molecule has 1 atom stereocenters. The quantitative estimate of drug-likeness (QED) is 0.580. The fourth-order valence-electron chi connectivity index (χ4n) is 5.33. The van der Waals surface area contributed by atoms with Crippen molar-refractivity contribution in [3.05, 3.63) is 64.9 Å². The molecule has 33 heavy (non-hydrogen) atoms. The van der Waals surface area contributed by atoms with E-state index >= 15 is 0 Å². The van der Waals surface area contributed by atoms with Gasteiger partial charge in [0.25, 0.3) is 0 Å². The van der Waals surface area contributed by atoms with E-state index in [1.165, 1.54) is 4.90 Å². The van der Waals surface area contributed by atoms with Gasteiger partial charge in [0.1, 0.15) is 6.17 Å². The van der Waals surface area contributed by atoms with Crippen molar-refractivity contribution in [1.82, 2.24) is 9.96 Å². The van der Waals surface area contributed by atoms with Crippen LogP contribution < -0.4 is 10.2 Å². The summed E-state index contributed by atoms with van der Waals surface area (Å²) in [7, 11) is 0. The van der Waals surface area contributed by atoms with Gasteiger partial charge < -0.3 is 20.5 Å². The van der Waals surface area contributed by atoms with Crippen LogP contribution in [0.4, 0.5) is 21.0 Å². The Morgan fingerprint density at radius 3 is 2.24 bits per heavy atom. The topological polar surface area (TPSA) is 79.0 Å². The molecule has 4 rings (SSSR count). The number of amides is 4. The van der Waals surface area contributed by atoms with E-state index in [1.807, 2.05) is 75.1 Å². The molecule has 176 valence electrons. The second-order valence-electron chi connectivity index (χ2n) is 9.70. The van der Waals surface area contributed by atoms with Crippen LogP contribution in [0, 0.1) is 19.1 Å². The maximum atomic E-state index is 13.9. The van der Waals surface area contributed by atoms with Crippen molar-refractivity contribution in [1.29, 1.82) is 0 Å². The average Bonchev–Trinajstić information content (AvgIpc) is 3.00. The van der Waals surface area contributed by atoms with Gasteiger partial charge in [0.15, 0.2) is 0 Å². The fourth-order valence-corrected chi connectivity index (χ4v) is 5.33. The lowest BCUT2D eigenvalue weighted by atomic mass is 9.90. The minimum Gasteiger partial charge on any atom is -0.753 e. The third kappa shape index (κ3) is 4.17. The Labute approximate surface area is 195 Å². The number of nitrogens with one attached hydrogen (secondary N) is 1. The Bertz CT molecular complexity index is 1030. The summed E-state index contributed by atoms with van der Waals surface area (Å²) in [6.45, 7) is 7.58. The first kappa shape index (κ1) is 23.1. The summed E-state index contributed by atoms with van der Waals surface area (Å²) in [5.74, 6) is 0. The fraction of sp³-hybridized carbons (Fsp3) is 0.462. The number of urea groups is 2. The average molecular weight is 450 g/mol. The van der Waals surface area contributed by atoms with E-state index in [0.29, 0.717) is 16.4 Å². The number of carbonyl (C=O) groups excluding carboxylic acids is 2. The van der Waals surface area contributed by atoms with Gasteiger partial charge in [-0.3, -0.25) is 4.90 Å². The molecule has 1 heterocycles. The first-order chi connectivity index (χ1) is 15.7. The maximum Gasteiger partial charge on any atom is 0.327 e. The molecule has 1 saturated heterocycles. The van der Waals surface area contributed by atoms with Crippen LogP contribution in [-0.2, 0) is 0 Å². The van der Waals surface area contributed by atoms with E-state index in [4.69, 9.17) is 0 Å². The number of carbonyl (C=O) groups is 2. The molecule has 2 aromatic rings. The predicted octanol–water partition coefficient (Wildman–Crippen LogP) is 6.01. The Kier molecular flexibility index (Phi) is 6.34. The van der Waals surface area contributed by atoms with Crippen molar-refractivity contribution in [2.75, 3.05) is 10.2 Å². The third-order valence-electron chi connectivity index (χ3n) is 7.03. The predicted molar refractivity (Wildman–Crippen MR) is 131 cm³/mol. The van der Waals surface area contributed by atoms with Crippen LogP contribution in [0.3, 0.4) is 0 Å². The Morgan fingerprint density at radius 2 is 1.61 bits per heavy atom. The lowest BCUT2D eigenvalue weighted by Crippen LogP contribution is -2.58. The summed E-state index contributed by atoms with van der Waals surface area (Å²) in [4.78, 5) is 30.4. The molecule has 7 heteroatoms. The highest BCUT2D eigenvalue weighted by atomic mass is 16.5. The summed E-state index contributed by atoms with van der Waals surface area (Å²) >= 11 is 0. The Hall–Kier alpha value is -3.06. The SMILES string of the molecule is Cc1ccccc1NC(=O)N([O-])C1N(c2ccccc2C)C(=O)N(C2CCCCC2)C1(C)C. The van der Waals surface area contributed by atoms with Gasteiger partial charge in [-0.05, 0) is 63.8 Å². The van der Waals surface area contributed by atoms with Crippen LogP contribution in [0.15, 0.2) is 48.5 Å². The molecule has 0 radical (unpaired) electrons. The first-order valence-electron chi connectivity index (χ1n) is 11.7. The van der Waals surface area contributed by atoms with Gasteiger partial charge in [-0.25, -0.2) is 9.59 Å². The number of aryl methyl sites for hydroxylation is 2. The molecule has 0 bridgehead atoms. The van der Waals surface area contributed by atoms with E-state index in [0.717, 1.165) is 43.2 Å². The summed E-state index contributed by atoms with van der Waals surface area (Å²) in [6.07, 6.45) is 4.12. The maximum absolute atomic E-state index is 13.9. The zero-order chi connectivity index (χ0) is 23.8. The van der Waals surface area contributed by atoms with Gasteiger partial charge >= 0.3 is 12.1 Å². The minimum absolute atomic E-state index is 0.0607. The molecule has 1 unspecified atom stereocenters. The molecule has 2 fully saturated rings. The first-order valence-corrected chi connectivity index (χ1v) is 11.7. The van der Waals surface area contributed by atoms with Gasteiger partial charge in [0.05, 0.1) is 11.2 Å². The zero-order valence-electron chi connectivity index (χ0n) is 19.9. The molecule has 0 spiro atoms. The largest absolute Gasteiger partial charge is 0.753 e. The van der Waals surface area contributed by atoms with E-state index in [-0.39, 0.29) is 12.1 Å². The second-order valence-corrected chi connectivity index (χ2v) is 9.70. The molecule has 1 aliphatic carbocycles. The number of nitrogens with zero attached hydrogens (tertiary/aromatic N) is 3. The van der Waals surface area contributed by atoms with Crippen molar-refractivity contribution in [3.8, 4) is 0 Å². The molecular weight excluding hydrogens is 416 g/mol. The minimum atomic E-state index is -1.00. The van der Waals surface area contributed by atoms with E-state index in [1.54, 1.807) is 6.07 Å². The number of hydroxylamine groups is 2. The summed E-state index contributed by atoms with van der Waals surface area (Å²) < 4.78 is 0. The summed E-state index contributed by atoms with van der Waals surface area (Å²) in [6, 6.07) is 13.9. The van der Waals surface area contributed by atoms with E-state index in [2.05, 4.69) is 5.32 Å². The highest BCUT2D eigenvalue weighted by Crippen LogP contribution is 2.42. The van der Waals surface area contributed by atoms with E-state index in [9.17, 15) is 14.8 Å². The van der Waals surface area contributed by atoms with Crippen LogP contribution in [0.1, 0.15) is 57.1 Å². The van der Waals surface area contributed by atoms with Crippen LogP contribution >= 0.6 is 0 Å². The highest BCUT2D eigenvalue weighted by molar-refractivity contribution is 5.99. The molecule has 2 aromatic carbocycles. The summed E-state index contributed by atoms with van der Waals surface area (Å²) in [5.41, 5.74) is 2.11. The number of benzene rings is 2. The number of hydrogen-bond donors (Lipinski definition) is 1. The standard InChI is InChI=1S/C26H33N4O3/c1-18-12-8-10-16-21(18)27-24(31)30(33)23-26(3,4)29(20-14-6-5-7-15-20)25(32)28(23)22-17-11-9-13-19(22)2/h8-13,16-17,20,23H,5-7,14-15H2,1-4H3,(H,27,31)/q-1. The van der Waals surface area contributed by atoms with Gasteiger partial charge in [-0.2, -0.15) is 0 Å². The number of hydrogen-bond acceptors (Lipinski definition) is 3. The monoisotopic (exact) mass is 449 g/mol. The molecule has 1 N–H and O–H groups in total. The normalized spacial score (nSPS) is 20.8. The number of para-hydroxylation sites is 2. The molecule has 1 saturated carbocycles. The third-order valence-corrected chi connectivity index (χ3v) is 7.03. The van der Waals surface area contributed by atoms with Crippen LogP contribution in [0.25, 0.3) is 0 Å². The van der Waals surface area contributed by atoms with Gasteiger partial charge in [-0.15, -0.1) is 0 Å². The van der Waals surface area contributed by atoms with Gasteiger partial charge in [0.2, 0.25) is 0 Å². The number of anilines is 2. The molecule has 2 aliphatic rings. The van der Waals surface area contributed by atoms with Crippen molar-refractivity contribution in [3.63, 3.8) is 0 Å². The second kappa shape index (κ2) is 9.06. The molecule has 1 aliphatic heterocycles. The van der Waals surface area contributed by atoms with Gasteiger partial charge in [-0.1, -0.05) is 55.7 Å². The van der Waals surface area contributed by atoms with Crippen molar-refractivity contribution < 1.29 is 9.59 Å². The van der Waals surface area contributed by atoms with Crippen molar-refractivity contribution in [2.24, 2.45) is 0 Å². The van der Waals surface area contributed by atoms with E-state index < -0.39 is 17.7 Å². The molecule has 4 amide bonds. The molecule has 7 nitrogen and oxygen atoms in total. The Morgan fingerprint density at radius 1 is 1.00 bits per heavy atom. The molecule has 0 aromatic heterocycles. The van der Waals surface area contributed by atoms with Gasteiger partial charge in [0, 0.05) is 11.7 Å². The lowest BCUT2D eigenvalue weighted by molar-refractivity contribution is 0.0794. The van der Waals surface area contributed by atoms with Crippen LogP contribution in [0.2, 0.25) is 0 Å². The number of rotatable bonds is 4. The lowest BCUT2D eigenvalue weighted by Gasteiger charge is -2.47.